The maximum atomic E-state index is 11.8. The van der Waals surface area contributed by atoms with Gasteiger partial charge in [-0.05, 0) is 55.8 Å². The van der Waals surface area contributed by atoms with Gasteiger partial charge in [0.25, 0.3) is 0 Å². The van der Waals surface area contributed by atoms with Crippen LogP contribution in [0.5, 0.6) is 0 Å². The zero-order valence-corrected chi connectivity index (χ0v) is 19.9. The lowest BCUT2D eigenvalue weighted by Crippen LogP contribution is -2.44. The fraction of sp³-hybridized carbons (Fsp3) is 0.346. The first-order chi connectivity index (χ1) is 17.0. The molecule has 2 aliphatic heterocycles. The SMILES string of the molecule is C=C1NC(=O)C/C1=C\c1cnn2c(NC3CC3)cc(Nc3ccc(N4CCN(C)CC4)cc3)nc12. The first-order valence-corrected chi connectivity index (χ1v) is 12.2. The van der Waals surface area contributed by atoms with Gasteiger partial charge in [0.05, 0.1) is 12.6 Å². The predicted octanol–water partition coefficient (Wildman–Crippen LogP) is 3.22. The van der Waals surface area contributed by atoms with Crippen molar-refractivity contribution in [2.45, 2.75) is 25.3 Å². The zero-order valence-electron chi connectivity index (χ0n) is 19.9. The van der Waals surface area contributed by atoms with Gasteiger partial charge in [0, 0.05) is 60.9 Å². The molecule has 0 unspecified atom stereocenters. The standard InChI is InChI=1S/C26H30N8O/c1-17-18(14-25(35)28-17)13-19-16-27-34-24(30-21-3-4-21)15-23(31-26(19)34)29-20-5-7-22(8-6-20)33-11-9-32(2)10-12-33/h5-8,13,15-16,21,30H,1,3-4,9-12,14H2,2H3,(H,28,35)(H,29,31)/b18-13+. The summed E-state index contributed by atoms with van der Waals surface area (Å²) in [5.41, 5.74) is 5.31. The molecule has 0 radical (unpaired) electrons. The van der Waals surface area contributed by atoms with Crippen molar-refractivity contribution in [3.63, 3.8) is 0 Å². The van der Waals surface area contributed by atoms with Crippen LogP contribution in [0.3, 0.4) is 0 Å². The number of rotatable bonds is 6. The lowest BCUT2D eigenvalue weighted by Gasteiger charge is -2.34. The predicted molar refractivity (Wildman–Crippen MR) is 139 cm³/mol. The van der Waals surface area contributed by atoms with E-state index >= 15 is 0 Å². The van der Waals surface area contributed by atoms with Crippen LogP contribution in [0.15, 0.2) is 54.4 Å². The highest BCUT2D eigenvalue weighted by Crippen LogP contribution is 2.30. The van der Waals surface area contributed by atoms with Crippen molar-refractivity contribution in [3.8, 4) is 0 Å². The summed E-state index contributed by atoms with van der Waals surface area (Å²) in [7, 11) is 2.17. The van der Waals surface area contributed by atoms with Crippen molar-refractivity contribution in [3.05, 3.63) is 59.9 Å². The summed E-state index contributed by atoms with van der Waals surface area (Å²) in [5, 5.41) is 14.4. The number of carbonyl (C=O) groups excluding carboxylic acids is 1. The van der Waals surface area contributed by atoms with Gasteiger partial charge in [-0.25, -0.2) is 4.98 Å². The van der Waals surface area contributed by atoms with Crippen LogP contribution in [0.4, 0.5) is 23.0 Å². The summed E-state index contributed by atoms with van der Waals surface area (Å²) in [6.07, 6.45) is 6.38. The molecule has 3 aromatic rings. The van der Waals surface area contributed by atoms with Gasteiger partial charge in [-0.1, -0.05) is 6.58 Å². The summed E-state index contributed by atoms with van der Waals surface area (Å²) in [6.45, 7) is 8.21. The third-order valence-corrected chi connectivity index (χ3v) is 6.80. The summed E-state index contributed by atoms with van der Waals surface area (Å²) in [4.78, 5) is 21.4. The van der Waals surface area contributed by atoms with Crippen LogP contribution in [0.1, 0.15) is 24.8 Å². The van der Waals surface area contributed by atoms with E-state index in [1.807, 2.05) is 16.7 Å². The number of carbonyl (C=O) groups is 1. The number of benzene rings is 1. The number of fused-ring (bicyclic) bond motifs is 1. The molecule has 0 bridgehead atoms. The average molecular weight is 471 g/mol. The molecule has 180 valence electrons. The van der Waals surface area contributed by atoms with Crippen molar-refractivity contribution < 1.29 is 4.79 Å². The topological polar surface area (TPSA) is 89.8 Å². The van der Waals surface area contributed by atoms with Crippen LogP contribution in [-0.4, -0.2) is 64.7 Å². The first-order valence-electron chi connectivity index (χ1n) is 12.2. The number of allylic oxidation sites excluding steroid dienone is 1. The Bertz CT molecular complexity index is 1310. The van der Waals surface area contributed by atoms with Crippen LogP contribution in [0.2, 0.25) is 0 Å². The lowest BCUT2D eigenvalue weighted by molar-refractivity contribution is -0.118. The zero-order chi connectivity index (χ0) is 23.9. The maximum Gasteiger partial charge on any atom is 0.228 e. The van der Waals surface area contributed by atoms with Crippen LogP contribution >= 0.6 is 0 Å². The van der Waals surface area contributed by atoms with Gasteiger partial charge >= 0.3 is 0 Å². The Hall–Kier alpha value is -3.85. The van der Waals surface area contributed by atoms with Crippen molar-refractivity contribution >= 4 is 40.6 Å². The van der Waals surface area contributed by atoms with Crippen molar-refractivity contribution in [1.29, 1.82) is 0 Å². The van der Waals surface area contributed by atoms with E-state index in [0.29, 0.717) is 18.2 Å². The van der Waals surface area contributed by atoms with E-state index in [1.54, 1.807) is 6.20 Å². The van der Waals surface area contributed by atoms with Crippen LogP contribution in [-0.2, 0) is 4.79 Å². The van der Waals surface area contributed by atoms with Crippen molar-refractivity contribution in [1.82, 2.24) is 24.8 Å². The monoisotopic (exact) mass is 470 g/mol. The minimum atomic E-state index is -0.0378. The molecular formula is C26H30N8O. The number of nitrogens with one attached hydrogen (secondary N) is 3. The molecular weight excluding hydrogens is 440 g/mol. The average Bonchev–Trinajstić information content (AvgIpc) is 3.48. The highest BCUT2D eigenvalue weighted by atomic mass is 16.1. The molecule has 1 aliphatic carbocycles. The Morgan fingerprint density at radius 1 is 1.14 bits per heavy atom. The minimum Gasteiger partial charge on any atom is -0.369 e. The highest BCUT2D eigenvalue weighted by Gasteiger charge is 2.24. The molecule has 3 N–H and O–H groups in total. The summed E-state index contributed by atoms with van der Waals surface area (Å²) in [6, 6.07) is 11.0. The van der Waals surface area contributed by atoms with Crippen LogP contribution in [0.25, 0.3) is 11.7 Å². The number of likely N-dealkylation sites (N-methyl/N-ethyl adjacent to an activating group) is 1. The Morgan fingerprint density at radius 3 is 2.60 bits per heavy atom. The van der Waals surface area contributed by atoms with Crippen LogP contribution in [0, 0.1) is 0 Å². The van der Waals surface area contributed by atoms with Gasteiger partial charge < -0.3 is 25.8 Å². The fourth-order valence-corrected chi connectivity index (χ4v) is 4.55. The number of anilines is 4. The molecule has 3 aliphatic rings. The van der Waals surface area contributed by atoms with Gasteiger partial charge in [-0.3, -0.25) is 4.79 Å². The van der Waals surface area contributed by atoms with Crippen LogP contribution < -0.4 is 20.9 Å². The van der Waals surface area contributed by atoms with E-state index in [4.69, 9.17) is 4.98 Å². The molecule has 2 aromatic heterocycles. The smallest absolute Gasteiger partial charge is 0.228 e. The van der Waals surface area contributed by atoms with E-state index in [2.05, 4.69) is 68.7 Å². The van der Waals surface area contributed by atoms with E-state index in [-0.39, 0.29) is 5.91 Å². The second-order valence-corrected chi connectivity index (χ2v) is 9.62. The largest absolute Gasteiger partial charge is 0.369 e. The molecule has 9 nitrogen and oxygen atoms in total. The quantitative estimate of drug-likeness (QED) is 0.510. The van der Waals surface area contributed by atoms with Gasteiger partial charge in [-0.2, -0.15) is 9.61 Å². The summed E-state index contributed by atoms with van der Waals surface area (Å²) in [5.74, 6) is 1.61. The fourth-order valence-electron chi connectivity index (χ4n) is 4.55. The molecule has 0 atom stereocenters. The first kappa shape index (κ1) is 21.7. The number of hydrogen-bond donors (Lipinski definition) is 3. The normalized spacial score (nSPS) is 20.0. The van der Waals surface area contributed by atoms with Crippen molar-refractivity contribution in [2.75, 3.05) is 48.8 Å². The third-order valence-electron chi connectivity index (χ3n) is 6.80. The number of aromatic nitrogens is 3. The molecule has 4 heterocycles. The van der Waals surface area contributed by atoms with E-state index in [1.165, 1.54) is 5.69 Å². The third kappa shape index (κ3) is 4.59. The molecule has 1 amide bonds. The van der Waals surface area contributed by atoms with Gasteiger partial charge in [-0.15, -0.1) is 0 Å². The highest BCUT2D eigenvalue weighted by molar-refractivity contribution is 5.89. The van der Waals surface area contributed by atoms with Gasteiger partial charge in [0.2, 0.25) is 5.91 Å². The van der Waals surface area contributed by atoms with Gasteiger partial charge in [0.1, 0.15) is 11.6 Å². The Kier molecular flexibility index (Phi) is 5.41. The lowest BCUT2D eigenvalue weighted by atomic mass is 10.1. The van der Waals surface area contributed by atoms with E-state index in [9.17, 15) is 4.79 Å². The number of hydrogen-bond acceptors (Lipinski definition) is 7. The molecule has 3 fully saturated rings. The Labute approximate surface area is 204 Å². The Morgan fingerprint density at radius 2 is 1.91 bits per heavy atom. The molecule has 0 spiro atoms. The molecule has 6 rings (SSSR count). The molecule has 9 heteroatoms. The molecule has 1 saturated carbocycles. The number of amides is 1. The molecule has 35 heavy (non-hydrogen) atoms. The van der Waals surface area contributed by atoms with E-state index in [0.717, 1.165) is 73.1 Å². The second-order valence-electron chi connectivity index (χ2n) is 9.62. The second kappa shape index (κ2) is 8.74. The summed E-state index contributed by atoms with van der Waals surface area (Å²) >= 11 is 0. The van der Waals surface area contributed by atoms with E-state index < -0.39 is 0 Å². The summed E-state index contributed by atoms with van der Waals surface area (Å²) < 4.78 is 1.83. The van der Waals surface area contributed by atoms with Gasteiger partial charge in [0.15, 0.2) is 5.65 Å². The van der Waals surface area contributed by atoms with Crippen molar-refractivity contribution in [2.24, 2.45) is 0 Å². The minimum absolute atomic E-state index is 0.0378. The molecule has 1 aromatic carbocycles. The maximum absolute atomic E-state index is 11.8. The number of piperazine rings is 1. The number of nitrogens with zero attached hydrogens (tertiary/aromatic N) is 5. The molecule has 2 saturated heterocycles. The Balaban J connectivity index is 1.29.